The van der Waals surface area contributed by atoms with Gasteiger partial charge < -0.3 is 10.3 Å². The van der Waals surface area contributed by atoms with E-state index >= 15 is 0 Å². The first-order valence-electron chi connectivity index (χ1n) is 10.2. The molecule has 2 heterocycles. The van der Waals surface area contributed by atoms with Gasteiger partial charge in [-0.15, -0.1) is 0 Å². The van der Waals surface area contributed by atoms with Crippen LogP contribution in [-0.2, 0) is 19.4 Å². The third kappa shape index (κ3) is 4.32. The Kier molecular flexibility index (Phi) is 5.74. The van der Waals surface area contributed by atoms with Gasteiger partial charge >= 0.3 is 0 Å². The van der Waals surface area contributed by atoms with Crippen LogP contribution < -0.4 is 10.9 Å². The largest absolute Gasteiger partial charge is 0.350 e. The Morgan fingerprint density at radius 2 is 2.00 bits per heavy atom. The van der Waals surface area contributed by atoms with E-state index in [0.717, 1.165) is 25.1 Å². The zero-order valence-electron chi connectivity index (χ0n) is 16.8. The highest BCUT2D eigenvalue weighted by Gasteiger charge is 2.21. The van der Waals surface area contributed by atoms with Gasteiger partial charge in [0.05, 0.1) is 5.69 Å². The lowest BCUT2D eigenvalue weighted by atomic mass is 10.00. The van der Waals surface area contributed by atoms with Crippen molar-refractivity contribution in [1.29, 1.82) is 0 Å². The normalized spacial score (nSPS) is 16.0. The highest BCUT2D eigenvalue weighted by Crippen LogP contribution is 2.23. The SMILES string of the molecule is CCn1ccc(C(=O)NCC2CCc3nc(-c4ccc(F)cc4)[nH]c(=O)c3CC2)n1. The Bertz CT molecular complexity index is 1100. The first kappa shape index (κ1) is 20.0. The zero-order chi connectivity index (χ0) is 21.1. The van der Waals surface area contributed by atoms with Gasteiger partial charge in [0.1, 0.15) is 17.3 Å². The lowest BCUT2D eigenvalue weighted by molar-refractivity contribution is 0.0940. The number of nitrogens with zero attached hydrogens (tertiary/aromatic N) is 3. The Morgan fingerprint density at radius 3 is 2.73 bits per heavy atom. The smallest absolute Gasteiger partial charge is 0.271 e. The number of amides is 1. The summed E-state index contributed by atoms with van der Waals surface area (Å²) in [4.78, 5) is 32.4. The fraction of sp³-hybridized carbons (Fsp3) is 0.364. The number of carbonyl (C=O) groups is 1. The molecular weight excluding hydrogens is 385 g/mol. The molecule has 2 aromatic heterocycles. The van der Waals surface area contributed by atoms with Crippen LogP contribution >= 0.6 is 0 Å². The summed E-state index contributed by atoms with van der Waals surface area (Å²) in [5, 5.41) is 7.19. The van der Waals surface area contributed by atoms with Gasteiger partial charge in [0.15, 0.2) is 0 Å². The number of aromatic nitrogens is 4. The van der Waals surface area contributed by atoms with Crippen molar-refractivity contribution in [3.05, 3.63) is 69.7 Å². The van der Waals surface area contributed by atoms with E-state index in [1.165, 1.54) is 12.1 Å². The molecule has 156 valence electrons. The maximum absolute atomic E-state index is 13.2. The number of nitrogens with one attached hydrogen (secondary N) is 2. The molecule has 8 heteroatoms. The van der Waals surface area contributed by atoms with E-state index in [0.29, 0.717) is 42.0 Å². The molecule has 0 radical (unpaired) electrons. The van der Waals surface area contributed by atoms with Crippen LogP contribution in [0.3, 0.4) is 0 Å². The molecule has 4 rings (SSSR count). The Morgan fingerprint density at radius 1 is 1.23 bits per heavy atom. The van der Waals surface area contributed by atoms with Gasteiger partial charge in [-0.25, -0.2) is 9.37 Å². The average molecular weight is 409 g/mol. The Hall–Kier alpha value is -3.29. The maximum Gasteiger partial charge on any atom is 0.271 e. The third-order valence-corrected chi connectivity index (χ3v) is 5.56. The highest BCUT2D eigenvalue weighted by molar-refractivity contribution is 5.92. The van der Waals surface area contributed by atoms with Gasteiger partial charge in [-0.3, -0.25) is 14.3 Å². The molecule has 0 fully saturated rings. The van der Waals surface area contributed by atoms with Gasteiger partial charge in [0.2, 0.25) is 0 Å². The number of benzene rings is 1. The number of aromatic amines is 1. The van der Waals surface area contributed by atoms with Crippen LogP contribution in [0.25, 0.3) is 11.4 Å². The number of carbonyl (C=O) groups excluding carboxylic acids is 1. The van der Waals surface area contributed by atoms with E-state index in [9.17, 15) is 14.0 Å². The molecule has 0 saturated carbocycles. The molecule has 1 aromatic carbocycles. The second-order valence-electron chi connectivity index (χ2n) is 7.56. The van der Waals surface area contributed by atoms with E-state index in [1.54, 1.807) is 29.1 Å². The van der Waals surface area contributed by atoms with Crippen molar-refractivity contribution in [2.24, 2.45) is 5.92 Å². The fourth-order valence-corrected chi connectivity index (χ4v) is 3.78. The van der Waals surface area contributed by atoms with Crippen LogP contribution in [-0.4, -0.2) is 32.2 Å². The summed E-state index contributed by atoms with van der Waals surface area (Å²) >= 11 is 0. The summed E-state index contributed by atoms with van der Waals surface area (Å²) in [7, 11) is 0. The summed E-state index contributed by atoms with van der Waals surface area (Å²) in [5.74, 6) is 0.197. The minimum atomic E-state index is -0.331. The fourth-order valence-electron chi connectivity index (χ4n) is 3.78. The molecule has 1 aliphatic rings. The number of halogens is 1. The first-order chi connectivity index (χ1) is 14.5. The predicted octanol–water partition coefficient (Wildman–Crippen LogP) is 2.72. The van der Waals surface area contributed by atoms with Crippen LogP contribution in [0, 0.1) is 11.7 Å². The zero-order valence-corrected chi connectivity index (χ0v) is 16.8. The van der Waals surface area contributed by atoms with E-state index in [2.05, 4.69) is 20.4 Å². The van der Waals surface area contributed by atoms with Crippen LogP contribution in [0.1, 0.15) is 41.5 Å². The molecule has 30 heavy (non-hydrogen) atoms. The molecule has 0 spiro atoms. The quantitative estimate of drug-likeness (QED) is 0.634. The second-order valence-corrected chi connectivity index (χ2v) is 7.56. The highest BCUT2D eigenvalue weighted by atomic mass is 19.1. The summed E-state index contributed by atoms with van der Waals surface area (Å²) < 4.78 is 14.9. The van der Waals surface area contributed by atoms with Crippen LogP contribution in [0.4, 0.5) is 4.39 Å². The summed E-state index contributed by atoms with van der Waals surface area (Å²) in [6, 6.07) is 7.62. The lowest BCUT2D eigenvalue weighted by Gasteiger charge is -2.14. The average Bonchev–Trinajstić information content (AvgIpc) is 3.14. The van der Waals surface area contributed by atoms with Crippen LogP contribution in [0.2, 0.25) is 0 Å². The molecule has 1 amide bonds. The van der Waals surface area contributed by atoms with Crippen molar-refractivity contribution in [3.63, 3.8) is 0 Å². The topological polar surface area (TPSA) is 92.7 Å². The van der Waals surface area contributed by atoms with Crippen molar-refractivity contribution >= 4 is 5.91 Å². The van der Waals surface area contributed by atoms with Crippen LogP contribution in [0.15, 0.2) is 41.3 Å². The second kappa shape index (κ2) is 8.61. The molecule has 2 N–H and O–H groups in total. The van der Waals surface area contributed by atoms with Crippen molar-refractivity contribution < 1.29 is 9.18 Å². The molecule has 0 saturated heterocycles. The van der Waals surface area contributed by atoms with E-state index in [-0.39, 0.29) is 23.2 Å². The molecule has 1 aliphatic carbocycles. The monoisotopic (exact) mass is 409 g/mol. The van der Waals surface area contributed by atoms with E-state index in [1.807, 2.05) is 6.92 Å². The first-order valence-corrected chi connectivity index (χ1v) is 10.2. The number of fused-ring (bicyclic) bond motifs is 1. The summed E-state index contributed by atoms with van der Waals surface area (Å²) in [5.41, 5.74) is 2.44. The van der Waals surface area contributed by atoms with Gasteiger partial charge in [0, 0.05) is 30.4 Å². The van der Waals surface area contributed by atoms with Gasteiger partial charge in [-0.05, 0) is 68.9 Å². The minimum absolute atomic E-state index is 0.144. The molecule has 1 unspecified atom stereocenters. The number of hydrogen-bond acceptors (Lipinski definition) is 4. The summed E-state index contributed by atoms with van der Waals surface area (Å²) in [6.45, 7) is 3.22. The molecular formula is C22H24FN5O2. The molecule has 3 aromatic rings. The van der Waals surface area contributed by atoms with Gasteiger partial charge in [0.25, 0.3) is 11.5 Å². The number of H-pyrrole nitrogens is 1. The van der Waals surface area contributed by atoms with Crippen molar-refractivity contribution in [2.45, 2.75) is 39.2 Å². The molecule has 7 nitrogen and oxygen atoms in total. The maximum atomic E-state index is 13.2. The predicted molar refractivity (Wildman–Crippen MR) is 111 cm³/mol. The Labute approximate surface area is 173 Å². The molecule has 0 aliphatic heterocycles. The van der Waals surface area contributed by atoms with Gasteiger partial charge in [-0.2, -0.15) is 5.10 Å². The van der Waals surface area contributed by atoms with Crippen molar-refractivity contribution in [2.75, 3.05) is 6.54 Å². The molecule has 0 bridgehead atoms. The van der Waals surface area contributed by atoms with Crippen molar-refractivity contribution in [3.8, 4) is 11.4 Å². The van der Waals surface area contributed by atoms with Crippen LogP contribution in [0.5, 0.6) is 0 Å². The van der Waals surface area contributed by atoms with E-state index in [4.69, 9.17) is 0 Å². The third-order valence-electron chi connectivity index (χ3n) is 5.56. The summed E-state index contributed by atoms with van der Waals surface area (Å²) in [6.07, 6.45) is 4.70. The van der Waals surface area contributed by atoms with Crippen molar-refractivity contribution in [1.82, 2.24) is 25.1 Å². The number of aryl methyl sites for hydroxylation is 2. The number of hydrogen-bond donors (Lipinski definition) is 2. The minimum Gasteiger partial charge on any atom is -0.350 e. The standard InChI is InChI=1S/C22H24FN5O2/c1-2-28-12-11-19(27-28)22(30)24-13-14-3-9-17-18(10-4-14)25-20(26-21(17)29)15-5-7-16(23)8-6-15/h5-8,11-12,14H,2-4,9-10,13H2,1H3,(H,24,30)(H,25,26,29). The number of rotatable bonds is 5. The molecule has 1 atom stereocenters. The Balaban J connectivity index is 1.42. The van der Waals surface area contributed by atoms with Gasteiger partial charge in [-0.1, -0.05) is 0 Å². The van der Waals surface area contributed by atoms with E-state index < -0.39 is 0 Å². The lowest BCUT2D eigenvalue weighted by Crippen LogP contribution is -2.30.